The minimum Gasteiger partial charge on any atom is -0.465 e. The van der Waals surface area contributed by atoms with Gasteiger partial charge in [0.15, 0.2) is 0 Å². The quantitative estimate of drug-likeness (QED) is 0.609. The van der Waals surface area contributed by atoms with Crippen molar-refractivity contribution < 1.29 is 22.4 Å². The summed E-state index contributed by atoms with van der Waals surface area (Å²) in [4.78, 5) is 11.7. The molecule has 0 saturated carbocycles. The number of aryl methyl sites for hydroxylation is 1. The van der Waals surface area contributed by atoms with Gasteiger partial charge in [0.1, 0.15) is 17.1 Å². The Morgan fingerprint density at radius 2 is 1.96 bits per heavy atom. The third kappa shape index (κ3) is 3.90. The van der Waals surface area contributed by atoms with Crippen molar-refractivity contribution in [3.8, 4) is 0 Å². The second-order valence-corrected chi connectivity index (χ2v) is 8.79. The maximum atomic E-state index is 12.7. The predicted molar refractivity (Wildman–Crippen MR) is 95.3 cm³/mol. The Hall–Kier alpha value is -1.16. The molecule has 9 heteroatoms. The Bertz CT molecular complexity index is 876. The number of hydrogen-bond acceptors (Lipinski definition) is 5. The number of halogens is 2. The van der Waals surface area contributed by atoms with E-state index in [0.29, 0.717) is 20.5 Å². The Morgan fingerprint density at radius 1 is 1.29 bits per heavy atom. The molecule has 1 heterocycles. The van der Waals surface area contributed by atoms with Crippen LogP contribution in [0.1, 0.15) is 21.9 Å². The second-order valence-electron chi connectivity index (χ2n) is 5.01. The lowest BCUT2D eigenvalue weighted by molar-refractivity contribution is 0.0599. The molecule has 0 radical (unpaired) electrons. The van der Waals surface area contributed by atoms with Crippen LogP contribution in [0.3, 0.4) is 0 Å². The summed E-state index contributed by atoms with van der Waals surface area (Å²) >= 11 is 6.52. The van der Waals surface area contributed by atoms with Crippen molar-refractivity contribution in [2.75, 3.05) is 14.2 Å². The number of methoxy groups -OCH3 is 1. The molecule has 0 saturated heterocycles. The van der Waals surface area contributed by atoms with E-state index in [1.165, 1.54) is 26.3 Å². The second kappa shape index (κ2) is 7.38. The van der Waals surface area contributed by atoms with Gasteiger partial charge in [0, 0.05) is 16.0 Å². The first-order valence-corrected chi connectivity index (χ1v) is 9.78. The maximum absolute atomic E-state index is 12.7. The molecule has 2 aromatic rings. The fourth-order valence-corrected chi connectivity index (χ4v) is 4.68. The van der Waals surface area contributed by atoms with Gasteiger partial charge >= 0.3 is 5.97 Å². The van der Waals surface area contributed by atoms with Crippen LogP contribution < -0.4 is 0 Å². The van der Waals surface area contributed by atoms with Crippen LogP contribution in [0.25, 0.3) is 0 Å². The van der Waals surface area contributed by atoms with Gasteiger partial charge in [-0.15, -0.1) is 0 Å². The number of nitrogens with zero attached hydrogens (tertiary/aromatic N) is 1. The lowest BCUT2D eigenvalue weighted by Crippen LogP contribution is -2.26. The predicted octanol–water partition coefficient (Wildman–Crippen LogP) is 3.72. The Balaban J connectivity index is 2.30. The molecule has 0 amide bonds. The van der Waals surface area contributed by atoms with E-state index in [9.17, 15) is 13.2 Å². The van der Waals surface area contributed by atoms with Gasteiger partial charge < -0.3 is 9.15 Å². The van der Waals surface area contributed by atoms with Gasteiger partial charge in [-0.05, 0) is 47.1 Å². The number of carbonyl (C=O) groups excluding carboxylic acids is 1. The van der Waals surface area contributed by atoms with Gasteiger partial charge in [-0.2, -0.15) is 4.31 Å². The van der Waals surface area contributed by atoms with E-state index in [4.69, 9.17) is 4.42 Å². The zero-order valence-electron chi connectivity index (χ0n) is 13.2. The fraction of sp³-hybridized carbons (Fsp3) is 0.267. The van der Waals surface area contributed by atoms with E-state index in [1.54, 1.807) is 19.1 Å². The molecular formula is C15H15Br2NO5S. The van der Waals surface area contributed by atoms with Crippen molar-refractivity contribution in [3.63, 3.8) is 0 Å². The lowest BCUT2D eigenvalue weighted by atomic mass is 10.2. The van der Waals surface area contributed by atoms with Crippen LogP contribution in [-0.4, -0.2) is 32.8 Å². The Morgan fingerprint density at radius 3 is 2.58 bits per heavy atom. The third-order valence-corrected chi connectivity index (χ3v) is 6.62. The molecule has 0 atom stereocenters. The molecule has 24 heavy (non-hydrogen) atoms. The maximum Gasteiger partial charge on any atom is 0.341 e. The molecule has 0 spiro atoms. The molecule has 6 nitrogen and oxygen atoms in total. The minimum atomic E-state index is -3.74. The summed E-state index contributed by atoms with van der Waals surface area (Å²) in [6.45, 7) is 1.61. The number of furan rings is 1. The summed E-state index contributed by atoms with van der Waals surface area (Å²) in [6, 6.07) is 6.39. The highest BCUT2D eigenvalue weighted by Crippen LogP contribution is 2.29. The van der Waals surface area contributed by atoms with Crippen LogP contribution in [0.4, 0.5) is 0 Å². The Kier molecular flexibility index (Phi) is 5.90. The fourth-order valence-electron chi connectivity index (χ4n) is 2.08. The molecule has 0 fully saturated rings. The number of hydrogen-bond donors (Lipinski definition) is 0. The van der Waals surface area contributed by atoms with E-state index >= 15 is 0 Å². The van der Waals surface area contributed by atoms with E-state index in [2.05, 4.69) is 36.6 Å². The van der Waals surface area contributed by atoms with E-state index < -0.39 is 16.0 Å². The van der Waals surface area contributed by atoms with Crippen molar-refractivity contribution in [2.45, 2.75) is 18.4 Å². The molecule has 1 aromatic carbocycles. The first-order valence-electron chi connectivity index (χ1n) is 6.76. The molecule has 0 aliphatic rings. The summed E-state index contributed by atoms with van der Waals surface area (Å²) in [5, 5.41) is 0. The molecule has 0 aliphatic heterocycles. The number of ether oxygens (including phenoxy) is 1. The van der Waals surface area contributed by atoms with Crippen LogP contribution in [-0.2, 0) is 21.3 Å². The number of carbonyl (C=O) groups is 1. The number of esters is 1. The number of rotatable bonds is 5. The van der Waals surface area contributed by atoms with Crippen LogP contribution >= 0.6 is 31.9 Å². The monoisotopic (exact) mass is 479 g/mol. The molecule has 0 N–H and O–H groups in total. The summed E-state index contributed by atoms with van der Waals surface area (Å²) in [6.07, 6.45) is 0. The van der Waals surface area contributed by atoms with Crippen LogP contribution in [0.15, 0.2) is 42.5 Å². The van der Waals surface area contributed by atoms with Gasteiger partial charge in [-0.3, -0.25) is 0 Å². The van der Waals surface area contributed by atoms with Gasteiger partial charge in [-0.1, -0.05) is 15.9 Å². The molecule has 130 valence electrons. The molecule has 0 aliphatic carbocycles. The number of benzene rings is 1. The summed E-state index contributed by atoms with van der Waals surface area (Å²) in [5.41, 5.74) is 0.280. The average molecular weight is 481 g/mol. The standard InChI is InChI=1S/C15H15Br2NO5S/c1-9-12(15(19)22-3)7-11(23-9)8-18(2)24(20,21)14-6-10(16)4-5-13(14)17/h4-7H,8H2,1-3H3. The van der Waals surface area contributed by atoms with Crippen LogP contribution in [0.5, 0.6) is 0 Å². The van der Waals surface area contributed by atoms with Crippen molar-refractivity contribution in [1.82, 2.24) is 4.31 Å². The molecule has 1 aromatic heterocycles. The normalized spacial score (nSPS) is 11.8. The van der Waals surface area contributed by atoms with Crippen molar-refractivity contribution in [1.29, 1.82) is 0 Å². The van der Waals surface area contributed by atoms with Gasteiger partial charge in [0.05, 0.1) is 18.6 Å². The van der Waals surface area contributed by atoms with Gasteiger partial charge in [0.25, 0.3) is 0 Å². The van der Waals surface area contributed by atoms with Gasteiger partial charge in [-0.25, -0.2) is 13.2 Å². The van der Waals surface area contributed by atoms with Crippen LogP contribution in [0.2, 0.25) is 0 Å². The molecule has 0 bridgehead atoms. The first-order chi connectivity index (χ1) is 11.2. The third-order valence-electron chi connectivity index (χ3n) is 3.33. The molecular weight excluding hydrogens is 466 g/mol. The van der Waals surface area contributed by atoms with E-state index in [-0.39, 0.29) is 17.0 Å². The summed E-state index contributed by atoms with van der Waals surface area (Å²) in [5.74, 6) is 0.208. The average Bonchev–Trinajstić information content (AvgIpc) is 2.89. The smallest absolute Gasteiger partial charge is 0.341 e. The van der Waals surface area contributed by atoms with Crippen molar-refractivity contribution >= 4 is 47.9 Å². The highest BCUT2D eigenvalue weighted by molar-refractivity contribution is 9.11. The first kappa shape index (κ1) is 19.2. The van der Waals surface area contributed by atoms with Gasteiger partial charge in [0.2, 0.25) is 10.0 Å². The topological polar surface area (TPSA) is 76.8 Å². The largest absolute Gasteiger partial charge is 0.465 e. The van der Waals surface area contributed by atoms with E-state index in [0.717, 1.165) is 4.31 Å². The lowest BCUT2D eigenvalue weighted by Gasteiger charge is -2.17. The zero-order chi connectivity index (χ0) is 18.1. The minimum absolute atomic E-state index is 0.0148. The molecule has 0 unspecified atom stereocenters. The highest BCUT2D eigenvalue weighted by Gasteiger charge is 2.26. The highest BCUT2D eigenvalue weighted by atomic mass is 79.9. The SMILES string of the molecule is COC(=O)c1cc(CN(C)S(=O)(=O)c2cc(Br)ccc2Br)oc1C. The summed E-state index contributed by atoms with van der Waals surface area (Å²) in [7, 11) is -1.02. The zero-order valence-corrected chi connectivity index (χ0v) is 17.2. The van der Waals surface area contributed by atoms with Crippen molar-refractivity contribution in [2.24, 2.45) is 0 Å². The number of sulfonamides is 1. The summed E-state index contributed by atoms with van der Waals surface area (Å²) < 4.78 is 37.9. The van der Waals surface area contributed by atoms with Crippen molar-refractivity contribution in [3.05, 3.63) is 50.3 Å². The van der Waals surface area contributed by atoms with Crippen LogP contribution in [0, 0.1) is 6.92 Å². The molecule has 2 rings (SSSR count). The van der Waals surface area contributed by atoms with E-state index in [1.807, 2.05) is 0 Å². The Labute approximate surface area is 157 Å².